The van der Waals surface area contributed by atoms with Crippen LogP contribution in [0.4, 0.5) is 0 Å². The van der Waals surface area contributed by atoms with Crippen molar-refractivity contribution in [2.45, 2.75) is 32.1 Å². The topological polar surface area (TPSA) is 103 Å². The van der Waals surface area contributed by atoms with Gasteiger partial charge in [0.1, 0.15) is 0 Å². The highest BCUT2D eigenvalue weighted by Gasteiger charge is 2.28. The Hall–Kier alpha value is -2.96. The van der Waals surface area contributed by atoms with E-state index in [0.717, 1.165) is 41.4 Å². The molecule has 1 fully saturated rings. The molecular weight excluding hydrogens is 358 g/mol. The van der Waals surface area contributed by atoms with Gasteiger partial charge in [-0.2, -0.15) is 0 Å². The SMILES string of the molecule is NC(=O)C1CCN(C(=O)COC(=O)c2c3c(nc4ccccc24)CCC3)CC1. The summed E-state index contributed by atoms with van der Waals surface area (Å²) in [5.74, 6) is -1.22. The predicted octanol–water partition coefficient (Wildman–Crippen LogP) is 1.60. The number of ether oxygens (including phenoxy) is 1. The largest absolute Gasteiger partial charge is 0.452 e. The minimum absolute atomic E-state index is 0.183. The molecule has 2 aliphatic rings. The van der Waals surface area contributed by atoms with E-state index < -0.39 is 5.97 Å². The van der Waals surface area contributed by atoms with Crippen LogP contribution in [0.2, 0.25) is 0 Å². The van der Waals surface area contributed by atoms with Crippen LogP contribution in [0.1, 0.15) is 40.9 Å². The van der Waals surface area contributed by atoms with Crippen molar-refractivity contribution in [3.63, 3.8) is 0 Å². The summed E-state index contributed by atoms with van der Waals surface area (Å²) in [5, 5.41) is 0.767. The van der Waals surface area contributed by atoms with E-state index in [9.17, 15) is 14.4 Å². The third kappa shape index (κ3) is 3.44. The Labute approximate surface area is 162 Å². The van der Waals surface area contributed by atoms with Gasteiger partial charge < -0.3 is 15.4 Å². The monoisotopic (exact) mass is 381 g/mol. The van der Waals surface area contributed by atoms with E-state index in [1.165, 1.54) is 0 Å². The minimum Gasteiger partial charge on any atom is -0.452 e. The second-order valence-electron chi connectivity index (χ2n) is 7.42. The molecule has 0 unspecified atom stereocenters. The van der Waals surface area contributed by atoms with Gasteiger partial charge in [0.2, 0.25) is 5.91 Å². The fourth-order valence-corrected chi connectivity index (χ4v) is 4.15. The third-order valence-corrected chi connectivity index (χ3v) is 5.70. The number of piperidine rings is 1. The van der Waals surface area contributed by atoms with Crippen LogP contribution in [0.15, 0.2) is 24.3 Å². The number of nitrogens with two attached hydrogens (primary N) is 1. The van der Waals surface area contributed by atoms with Gasteiger partial charge in [-0.25, -0.2) is 4.79 Å². The third-order valence-electron chi connectivity index (χ3n) is 5.70. The van der Waals surface area contributed by atoms with Crippen LogP contribution in [-0.4, -0.2) is 47.4 Å². The molecule has 0 atom stereocenters. The molecule has 0 saturated carbocycles. The molecule has 2 aromatic rings. The van der Waals surface area contributed by atoms with Crippen molar-refractivity contribution in [2.24, 2.45) is 11.7 Å². The number of aromatic nitrogens is 1. The molecule has 0 spiro atoms. The van der Waals surface area contributed by atoms with Crippen molar-refractivity contribution in [1.29, 1.82) is 0 Å². The van der Waals surface area contributed by atoms with Gasteiger partial charge in [-0.3, -0.25) is 14.6 Å². The van der Waals surface area contributed by atoms with Crippen LogP contribution in [0, 0.1) is 5.92 Å². The molecule has 2 N–H and O–H groups in total. The Balaban J connectivity index is 1.46. The van der Waals surface area contributed by atoms with Crippen molar-refractivity contribution in [1.82, 2.24) is 9.88 Å². The van der Waals surface area contributed by atoms with Gasteiger partial charge in [0.25, 0.3) is 5.91 Å². The fraction of sp³-hybridized carbons (Fsp3) is 0.429. The molecule has 1 saturated heterocycles. The predicted molar refractivity (Wildman–Crippen MR) is 103 cm³/mol. The summed E-state index contributed by atoms with van der Waals surface area (Å²) < 4.78 is 5.40. The van der Waals surface area contributed by atoms with E-state index in [1.54, 1.807) is 4.90 Å². The number of carbonyl (C=O) groups excluding carboxylic acids is 3. The minimum atomic E-state index is -0.475. The Morgan fingerprint density at radius 2 is 1.89 bits per heavy atom. The van der Waals surface area contributed by atoms with Crippen LogP contribution in [-0.2, 0) is 27.2 Å². The first-order chi connectivity index (χ1) is 13.5. The molecule has 7 nitrogen and oxygen atoms in total. The zero-order valence-corrected chi connectivity index (χ0v) is 15.6. The highest BCUT2D eigenvalue weighted by atomic mass is 16.5. The van der Waals surface area contributed by atoms with Gasteiger partial charge in [-0.15, -0.1) is 0 Å². The van der Waals surface area contributed by atoms with Gasteiger partial charge in [0.15, 0.2) is 6.61 Å². The van der Waals surface area contributed by atoms with Gasteiger partial charge >= 0.3 is 5.97 Å². The number of nitrogens with zero attached hydrogens (tertiary/aromatic N) is 2. The Kier molecular flexibility index (Phi) is 4.98. The number of rotatable bonds is 4. The molecule has 1 aliphatic heterocycles. The molecule has 28 heavy (non-hydrogen) atoms. The van der Waals surface area contributed by atoms with Crippen molar-refractivity contribution < 1.29 is 19.1 Å². The van der Waals surface area contributed by atoms with Gasteiger partial charge in [-0.05, 0) is 43.7 Å². The number of likely N-dealkylation sites (tertiary alicyclic amines) is 1. The molecule has 2 heterocycles. The fourth-order valence-electron chi connectivity index (χ4n) is 4.15. The van der Waals surface area contributed by atoms with E-state index >= 15 is 0 Å². The Morgan fingerprint density at radius 1 is 1.14 bits per heavy atom. The molecular formula is C21H23N3O4. The molecule has 1 aromatic carbocycles. The van der Waals surface area contributed by atoms with Gasteiger partial charge in [0, 0.05) is 30.1 Å². The number of carbonyl (C=O) groups is 3. The number of hydrogen-bond donors (Lipinski definition) is 1. The quantitative estimate of drug-likeness (QED) is 0.811. The van der Waals surface area contributed by atoms with Crippen LogP contribution in [0.25, 0.3) is 10.9 Å². The number of benzene rings is 1. The zero-order chi connectivity index (χ0) is 19.7. The second-order valence-corrected chi connectivity index (χ2v) is 7.42. The van der Waals surface area contributed by atoms with Crippen LogP contribution in [0.5, 0.6) is 0 Å². The highest BCUT2D eigenvalue weighted by Crippen LogP contribution is 2.30. The lowest BCUT2D eigenvalue weighted by Crippen LogP contribution is -2.43. The molecule has 0 bridgehead atoms. The Bertz CT molecular complexity index is 948. The maximum absolute atomic E-state index is 12.9. The summed E-state index contributed by atoms with van der Waals surface area (Å²) in [7, 11) is 0. The molecule has 1 aromatic heterocycles. The standard InChI is InChI=1S/C21H23N3O4/c22-20(26)13-8-10-24(11-9-13)18(25)12-28-21(27)19-14-4-1-2-6-16(14)23-17-7-3-5-15(17)19/h1-2,4,6,13H,3,5,7-12H2,(H2,22,26). The number of fused-ring (bicyclic) bond motifs is 2. The first-order valence-electron chi connectivity index (χ1n) is 9.69. The van der Waals surface area contributed by atoms with E-state index in [4.69, 9.17) is 10.5 Å². The van der Waals surface area contributed by atoms with Crippen molar-refractivity contribution in [3.8, 4) is 0 Å². The number of hydrogen-bond acceptors (Lipinski definition) is 5. The number of pyridine rings is 1. The van der Waals surface area contributed by atoms with Crippen molar-refractivity contribution in [3.05, 3.63) is 41.1 Å². The molecule has 2 amide bonds. The summed E-state index contributed by atoms with van der Waals surface area (Å²) in [6.07, 6.45) is 3.72. The Morgan fingerprint density at radius 3 is 2.64 bits per heavy atom. The van der Waals surface area contributed by atoms with Crippen LogP contribution in [0.3, 0.4) is 0 Å². The van der Waals surface area contributed by atoms with E-state index in [-0.39, 0.29) is 24.3 Å². The van der Waals surface area contributed by atoms with Crippen molar-refractivity contribution >= 4 is 28.7 Å². The second kappa shape index (κ2) is 7.58. The summed E-state index contributed by atoms with van der Waals surface area (Å²) in [6, 6.07) is 7.52. The normalized spacial score (nSPS) is 16.8. The maximum atomic E-state index is 12.9. The molecule has 0 radical (unpaired) electrons. The van der Waals surface area contributed by atoms with Gasteiger partial charge in [0.05, 0.1) is 11.1 Å². The number of primary amides is 1. The first kappa shape index (κ1) is 18.4. The number of amides is 2. The molecule has 146 valence electrons. The maximum Gasteiger partial charge on any atom is 0.339 e. The number of esters is 1. The molecule has 4 rings (SSSR count). The zero-order valence-electron chi connectivity index (χ0n) is 15.6. The number of para-hydroxylation sites is 1. The van der Waals surface area contributed by atoms with Crippen LogP contribution < -0.4 is 5.73 Å². The van der Waals surface area contributed by atoms with E-state index in [1.807, 2.05) is 24.3 Å². The molecule has 1 aliphatic carbocycles. The summed E-state index contributed by atoms with van der Waals surface area (Å²) in [6.45, 7) is 0.612. The summed E-state index contributed by atoms with van der Waals surface area (Å²) >= 11 is 0. The van der Waals surface area contributed by atoms with E-state index in [2.05, 4.69) is 4.98 Å². The summed E-state index contributed by atoms with van der Waals surface area (Å²) in [5.41, 5.74) is 8.53. The lowest BCUT2D eigenvalue weighted by molar-refractivity contribution is -0.137. The summed E-state index contributed by atoms with van der Waals surface area (Å²) in [4.78, 5) is 42.8. The van der Waals surface area contributed by atoms with E-state index in [0.29, 0.717) is 31.5 Å². The van der Waals surface area contributed by atoms with Gasteiger partial charge in [-0.1, -0.05) is 18.2 Å². The average molecular weight is 381 g/mol. The molecule has 7 heteroatoms. The number of aryl methyl sites for hydroxylation is 1. The van der Waals surface area contributed by atoms with Crippen molar-refractivity contribution in [2.75, 3.05) is 19.7 Å². The smallest absolute Gasteiger partial charge is 0.339 e. The highest BCUT2D eigenvalue weighted by molar-refractivity contribution is 6.05. The average Bonchev–Trinajstić information content (AvgIpc) is 3.17. The van der Waals surface area contributed by atoms with Crippen LogP contribution >= 0.6 is 0 Å². The first-order valence-corrected chi connectivity index (χ1v) is 9.69. The lowest BCUT2D eigenvalue weighted by atomic mass is 9.96. The lowest BCUT2D eigenvalue weighted by Gasteiger charge is -2.30.